The van der Waals surface area contributed by atoms with Crippen LogP contribution in [0.25, 0.3) is 0 Å². The van der Waals surface area contributed by atoms with Crippen LogP contribution in [-0.2, 0) is 0 Å². The van der Waals surface area contributed by atoms with Crippen LogP contribution >= 0.6 is 0 Å². The first-order chi connectivity index (χ1) is 10.0. The Morgan fingerprint density at radius 2 is 1.90 bits per heavy atom. The van der Waals surface area contributed by atoms with Gasteiger partial charge in [-0.2, -0.15) is 0 Å². The number of aromatic nitrogens is 1. The third kappa shape index (κ3) is 3.18. The molecule has 1 aliphatic carbocycles. The van der Waals surface area contributed by atoms with Crippen LogP contribution in [0.15, 0.2) is 12.1 Å². The summed E-state index contributed by atoms with van der Waals surface area (Å²) in [6.45, 7) is 8.07. The molecule has 21 heavy (non-hydrogen) atoms. The smallest absolute Gasteiger partial charge is 0.335 e. The van der Waals surface area contributed by atoms with E-state index in [2.05, 4.69) is 14.8 Å². The van der Waals surface area contributed by atoms with Gasteiger partial charge in [-0.1, -0.05) is 13.8 Å². The number of pyridine rings is 1. The minimum atomic E-state index is -0.878. The largest absolute Gasteiger partial charge is 0.478 e. The van der Waals surface area contributed by atoms with Crippen LogP contribution in [0.4, 0.5) is 5.82 Å². The predicted molar refractivity (Wildman–Crippen MR) is 82.1 cm³/mol. The summed E-state index contributed by atoms with van der Waals surface area (Å²) < 4.78 is 0. The van der Waals surface area contributed by atoms with E-state index in [4.69, 9.17) is 0 Å². The zero-order valence-electron chi connectivity index (χ0n) is 12.7. The van der Waals surface area contributed by atoms with Crippen molar-refractivity contribution in [1.82, 2.24) is 9.88 Å². The first kappa shape index (κ1) is 14.3. The Balaban J connectivity index is 1.79. The zero-order valence-corrected chi connectivity index (χ0v) is 12.7. The summed E-state index contributed by atoms with van der Waals surface area (Å²) in [5.74, 6) is 0.169. The maximum atomic E-state index is 11.3. The molecule has 2 heterocycles. The van der Waals surface area contributed by atoms with Crippen LogP contribution < -0.4 is 4.90 Å². The predicted octanol–water partition coefficient (Wildman–Crippen LogP) is 2.19. The maximum Gasteiger partial charge on any atom is 0.335 e. The van der Waals surface area contributed by atoms with E-state index in [1.165, 1.54) is 12.8 Å². The van der Waals surface area contributed by atoms with Gasteiger partial charge >= 0.3 is 5.97 Å². The summed E-state index contributed by atoms with van der Waals surface area (Å²) in [6, 6.07) is 4.20. The molecule has 1 saturated heterocycles. The van der Waals surface area contributed by atoms with Gasteiger partial charge in [0.2, 0.25) is 0 Å². The van der Waals surface area contributed by atoms with Gasteiger partial charge in [-0.05, 0) is 30.9 Å². The van der Waals surface area contributed by atoms with Crippen molar-refractivity contribution < 1.29 is 9.90 Å². The maximum absolute atomic E-state index is 11.3. The van der Waals surface area contributed by atoms with Crippen LogP contribution in [0.2, 0.25) is 0 Å². The number of rotatable bonds is 4. The van der Waals surface area contributed by atoms with Gasteiger partial charge in [0.05, 0.1) is 5.56 Å². The van der Waals surface area contributed by atoms with Crippen molar-refractivity contribution in [2.75, 3.05) is 31.1 Å². The highest BCUT2D eigenvalue weighted by atomic mass is 16.4. The average Bonchev–Trinajstić information content (AvgIpc) is 3.31. The average molecular weight is 289 g/mol. The van der Waals surface area contributed by atoms with Gasteiger partial charge in [-0.25, -0.2) is 9.78 Å². The topological polar surface area (TPSA) is 56.7 Å². The molecule has 0 atom stereocenters. The molecule has 2 fully saturated rings. The molecule has 0 spiro atoms. The van der Waals surface area contributed by atoms with Crippen LogP contribution in [0, 0.1) is 0 Å². The van der Waals surface area contributed by atoms with E-state index in [1.807, 2.05) is 13.8 Å². The standard InChI is InChI=1S/C16H23N3O2/c1-11(2)14-9-12(16(20)21)10-15(17-14)19-7-5-18(6-8-19)13-3-4-13/h9-11,13H,3-8H2,1-2H3,(H,20,21). The Morgan fingerprint density at radius 1 is 1.24 bits per heavy atom. The third-order valence-corrected chi connectivity index (χ3v) is 4.37. The van der Waals surface area contributed by atoms with Crippen molar-refractivity contribution in [3.8, 4) is 0 Å². The number of anilines is 1. The lowest BCUT2D eigenvalue weighted by atomic mass is 10.1. The molecule has 0 aromatic carbocycles. The second-order valence-corrected chi connectivity index (χ2v) is 6.35. The monoisotopic (exact) mass is 289 g/mol. The highest BCUT2D eigenvalue weighted by Gasteiger charge is 2.31. The molecule has 3 rings (SSSR count). The molecule has 1 aromatic heterocycles. The zero-order chi connectivity index (χ0) is 15.0. The number of hydrogen-bond donors (Lipinski definition) is 1. The van der Waals surface area contributed by atoms with Gasteiger partial charge in [-0.15, -0.1) is 0 Å². The molecule has 2 aliphatic rings. The van der Waals surface area contributed by atoms with Crippen molar-refractivity contribution in [3.05, 3.63) is 23.4 Å². The molecule has 114 valence electrons. The van der Waals surface area contributed by atoms with Crippen molar-refractivity contribution in [1.29, 1.82) is 0 Å². The van der Waals surface area contributed by atoms with E-state index in [1.54, 1.807) is 12.1 Å². The first-order valence-electron chi connectivity index (χ1n) is 7.79. The molecule has 1 N–H and O–H groups in total. The van der Waals surface area contributed by atoms with E-state index >= 15 is 0 Å². The Kier molecular flexibility index (Phi) is 3.85. The van der Waals surface area contributed by atoms with Crippen molar-refractivity contribution in [2.24, 2.45) is 0 Å². The fourth-order valence-electron chi connectivity index (χ4n) is 2.87. The molecule has 0 unspecified atom stereocenters. The fraction of sp³-hybridized carbons (Fsp3) is 0.625. The van der Waals surface area contributed by atoms with Crippen LogP contribution in [-0.4, -0.2) is 53.2 Å². The minimum absolute atomic E-state index is 0.232. The number of nitrogens with zero attached hydrogens (tertiary/aromatic N) is 3. The lowest BCUT2D eigenvalue weighted by Gasteiger charge is -2.35. The molecule has 0 radical (unpaired) electrons. The highest BCUT2D eigenvalue weighted by Crippen LogP contribution is 2.28. The molecular weight excluding hydrogens is 266 g/mol. The van der Waals surface area contributed by atoms with E-state index in [-0.39, 0.29) is 5.92 Å². The Bertz CT molecular complexity index is 532. The highest BCUT2D eigenvalue weighted by molar-refractivity contribution is 5.88. The second kappa shape index (κ2) is 5.64. The quantitative estimate of drug-likeness (QED) is 0.921. The summed E-state index contributed by atoms with van der Waals surface area (Å²) in [4.78, 5) is 20.7. The minimum Gasteiger partial charge on any atom is -0.478 e. The molecule has 1 aromatic rings. The summed E-state index contributed by atoms with van der Waals surface area (Å²) in [7, 11) is 0. The number of carboxylic acids is 1. The number of aromatic carboxylic acids is 1. The molecule has 5 heteroatoms. The van der Waals surface area contributed by atoms with Gasteiger partial charge in [-0.3, -0.25) is 4.90 Å². The Morgan fingerprint density at radius 3 is 2.43 bits per heavy atom. The van der Waals surface area contributed by atoms with E-state index < -0.39 is 5.97 Å². The van der Waals surface area contributed by atoms with E-state index in [0.29, 0.717) is 5.56 Å². The molecule has 1 aliphatic heterocycles. The molecule has 1 saturated carbocycles. The normalized spacial score (nSPS) is 20.0. The molecule has 0 bridgehead atoms. The second-order valence-electron chi connectivity index (χ2n) is 6.35. The Hall–Kier alpha value is -1.62. The van der Waals surface area contributed by atoms with Crippen LogP contribution in [0.1, 0.15) is 48.7 Å². The van der Waals surface area contributed by atoms with E-state index in [9.17, 15) is 9.90 Å². The summed E-state index contributed by atoms with van der Waals surface area (Å²) in [6.07, 6.45) is 2.68. The number of hydrogen-bond acceptors (Lipinski definition) is 4. The summed E-state index contributed by atoms with van der Waals surface area (Å²) in [5, 5.41) is 9.28. The fourth-order valence-corrected chi connectivity index (χ4v) is 2.87. The van der Waals surface area contributed by atoms with Gasteiger partial charge < -0.3 is 10.0 Å². The van der Waals surface area contributed by atoms with Crippen molar-refractivity contribution in [3.63, 3.8) is 0 Å². The number of carboxylic acid groups (broad SMARTS) is 1. The lowest BCUT2D eigenvalue weighted by Crippen LogP contribution is -2.47. The van der Waals surface area contributed by atoms with Crippen molar-refractivity contribution >= 4 is 11.8 Å². The van der Waals surface area contributed by atoms with Gasteiger partial charge in [0.25, 0.3) is 0 Å². The van der Waals surface area contributed by atoms with Gasteiger partial charge in [0.15, 0.2) is 0 Å². The lowest BCUT2D eigenvalue weighted by molar-refractivity contribution is 0.0696. The summed E-state index contributed by atoms with van der Waals surface area (Å²) >= 11 is 0. The number of carbonyl (C=O) groups is 1. The van der Waals surface area contributed by atoms with Crippen LogP contribution in [0.3, 0.4) is 0 Å². The molecular formula is C16H23N3O2. The molecule has 0 amide bonds. The van der Waals surface area contributed by atoms with E-state index in [0.717, 1.165) is 43.7 Å². The van der Waals surface area contributed by atoms with Crippen molar-refractivity contribution in [2.45, 2.75) is 38.6 Å². The van der Waals surface area contributed by atoms with Gasteiger partial charge in [0.1, 0.15) is 5.82 Å². The Labute approximate surface area is 125 Å². The number of piperazine rings is 1. The van der Waals surface area contributed by atoms with Gasteiger partial charge in [0, 0.05) is 37.9 Å². The SMILES string of the molecule is CC(C)c1cc(C(=O)O)cc(N2CCN(C3CC3)CC2)n1. The summed E-state index contributed by atoms with van der Waals surface area (Å²) in [5.41, 5.74) is 1.20. The third-order valence-electron chi connectivity index (χ3n) is 4.37. The first-order valence-corrected chi connectivity index (χ1v) is 7.79. The molecule has 5 nitrogen and oxygen atoms in total. The van der Waals surface area contributed by atoms with Crippen LogP contribution in [0.5, 0.6) is 0 Å².